The summed E-state index contributed by atoms with van der Waals surface area (Å²) in [7, 11) is 1.29. The first kappa shape index (κ1) is 17.3. The average molecular weight is 329 g/mol. The molecule has 0 aliphatic rings. The predicted octanol–water partition coefficient (Wildman–Crippen LogP) is 2.89. The first-order valence-electron chi connectivity index (χ1n) is 7.47. The Morgan fingerprint density at radius 1 is 0.958 bits per heavy atom. The highest BCUT2D eigenvalue weighted by atomic mass is 16.5. The van der Waals surface area contributed by atoms with E-state index in [0.29, 0.717) is 23.8 Å². The lowest BCUT2D eigenvalue weighted by Crippen LogP contribution is -2.22. The molecule has 2 aromatic carbocycles. The van der Waals surface area contributed by atoms with E-state index in [1.165, 1.54) is 7.11 Å². The number of benzene rings is 2. The number of rotatable bonds is 7. The highest BCUT2D eigenvalue weighted by Crippen LogP contribution is 2.26. The third-order valence-electron chi connectivity index (χ3n) is 3.11. The van der Waals surface area contributed by atoms with Gasteiger partial charge in [-0.1, -0.05) is 24.3 Å². The van der Waals surface area contributed by atoms with Crippen LogP contribution in [0.25, 0.3) is 0 Å². The summed E-state index contributed by atoms with van der Waals surface area (Å²) in [5.74, 6) is 0.143. The molecule has 0 aliphatic heterocycles. The summed E-state index contributed by atoms with van der Waals surface area (Å²) in [4.78, 5) is 23.8. The van der Waals surface area contributed by atoms with Crippen molar-refractivity contribution < 1.29 is 23.8 Å². The molecule has 1 amide bonds. The summed E-state index contributed by atoms with van der Waals surface area (Å²) in [6.45, 7) is 2.16. The van der Waals surface area contributed by atoms with Gasteiger partial charge < -0.3 is 19.5 Å². The van der Waals surface area contributed by atoms with E-state index in [2.05, 4.69) is 5.32 Å². The largest absolute Gasteiger partial charge is 0.490 e. The summed E-state index contributed by atoms with van der Waals surface area (Å²) in [5, 5.41) is 2.64. The van der Waals surface area contributed by atoms with Crippen LogP contribution in [0.1, 0.15) is 17.3 Å². The zero-order valence-corrected chi connectivity index (χ0v) is 13.6. The van der Waals surface area contributed by atoms with Crippen molar-refractivity contribution >= 4 is 17.6 Å². The molecule has 126 valence electrons. The van der Waals surface area contributed by atoms with Crippen molar-refractivity contribution in [3.63, 3.8) is 0 Å². The number of para-hydroxylation sites is 3. The number of carbonyl (C=O) groups excluding carboxylic acids is 2. The van der Waals surface area contributed by atoms with Gasteiger partial charge in [0.15, 0.2) is 18.1 Å². The second-order valence-electron chi connectivity index (χ2n) is 4.75. The molecule has 2 aromatic rings. The van der Waals surface area contributed by atoms with Crippen molar-refractivity contribution in [2.75, 3.05) is 25.6 Å². The van der Waals surface area contributed by atoms with E-state index >= 15 is 0 Å². The number of amides is 1. The second-order valence-corrected chi connectivity index (χ2v) is 4.75. The van der Waals surface area contributed by atoms with Crippen LogP contribution in [0.3, 0.4) is 0 Å². The topological polar surface area (TPSA) is 73.9 Å². The lowest BCUT2D eigenvalue weighted by atomic mass is 10.2. The molecule has 6 nitrogen and oxygen atoms in total. The molecular weight excluding hydrogens is 310 g/mol. The van der Waals surface area contributed by atoms with E-state index in [1.54, 1.807) is 42.5 Å². The van der Waals surface area contributed by atoms with Gasteiger partial charge in [0, 0.05) is 0 Å². The van der Waals surface area contributed by atoms with Crippen LogP contribution in [-0.2, 0) is 9.53 Å². The standard InChI is InChI=1S/C18H19NO5/c1-3-23-15-10-6-7-11-16(15)24-12-17(20)19-14-9-5-4-8-13(14)18(21)22-2/h4-11H,3,12H2,1-2H3,(H,19,20). The molecule has 1 N–H and O–H groups in total. The van der Waals surface area contributed by atoms with Crippen LogP contribution in [-0.4, -0.2) is 32.2 Å². The summed E-state index contributed by atoms with van der Waals surface area (Å²) in [6, 6.07) is 13.7. The van der Waals surface area contributed by atoms with E-state index in [4.69, 9.17) is 14.2 Å². The third kappa shape index (κ3) is 4.49. The van der Waals surface area contributed by atoms with Crippen molar-refractivity contribution in [1.82, 2.24) is 0 Å². The molecule has 0 atom stereocenters. The van der Waals surface area contributed by atoms with Gasteiger partial charge >= 0.3 is 5.97 Å². The average Bonchev–Trinajstić information content (AvgIpc) is 2.61. The molecule has 0 unspecified atom stereocenters. The molecule has 0 aromatic heterocycles. The Morgan fingerprint density at radius 3 is 2.25 bits per heavy atom. The molecule has 0 heterocycles. The molecule has 0 fully saturated rings. The molecule has 0 saturated carbocycles. The summed E-state index contributed by atoms with van der Waals surface area (Å²) >= 11 is 0. The number of methoxy groups -OCH3 is 1. The molecule has 0 bridgehead atoms. The number of carbonyl (C=O) groups is 2. The monoisotopic (exact) mass is 329 g/mol. The molecule has 0 radical (unpaired) electrons. The fraction of sp³-hybridized carbons (Fsp3) is 0.222. The van der Waals surface area contributed by atoms with Gasteiger partial charge in [-0.2, -0.15) is 0 Å². The zero-order valence-electron chi connectivity index (χ0n) is 13.6. The first-order valence-corrected chi connectivity index (χ1v) is 7.47. The number of nitrogens with one attached hydrogen (secondary N) is 1. The maximum absolute atomic E-state index is 12.1. The minimum Gasteiger partial charge on any atom is -0.490 e. The highest BCUT2D eigenvalue weighted by molar-refractivity contribution is 6.01. The van der Waals surface area contributed by atoms with Gasteiger partial charge in [-0.3, -0.25) is 4.79 Å². The Bertz CT molecular complexity index is 714. The Hall–Kier alpha value is -3.02. The summed E-state index contributed by atoms with van der Waals surface area (Å²) in [6.07, 6.45) is 0. The van der Waals surface area contributed by atoms with Gasteiger partial charge in [-0.25, -0.2) is 4.79 Å². The van der Waals surface area contributed by atoms with Crippen LogP contribution in [0.2, 0.25) is 0 Å². The third-order valence-corrected chi connectivity index (χ3v) is 3.11. The van der Waals surface area contributed by atoms with Gasteiger partial charge in [0.2, 0.25) is 0 Å². The van der Waals surface area contributed by atoms with Crippen molar-refractivity contribution in [1.29, 1.82) is 0 Å². The Labute approximate surface area is 140 Å². The fourth-order valence-electron chi connectivity index (χ4n) is 2.05. The van der Waals surface area contributed by atoms with Crippen LogP contribution >= 0.6 is 0 Å². The van der Waals surface area contributed by atoms with Crippen molar-refractivity contribution in [2.24, 2.45) is 0 Å². The Kier molecular flexibility index (Phi) is 6.19. The lowest BCUT2D eigenvalue weighted by Gasteiger charge is -2.12. The van der Waals surface area contributed by atoms with E-state index in [-0.39, 0.29) is 12.2 Å². The number of esters is 1. The molecule has 24 heavy (non-hydrogen) atoms. The lowest BCUT2D eigenvalue weighted by molar-refractivity contribution is -0.118. The van der Waals surface area contributed by atoms with Gasteiger partial charge in [0.05, 0.1) is 25.0 Å². The molecular formula is C18H19NO5. The number of ether oxygens (including phenoxy) is 3. The number of anilines is 1. The van der Waals surface area contributed by atoms with Crippen molar-refractivity contribution in [3.05, 3.63) is 54.1 Å². The van der Waals surface area contributed by atoms with Crippen molar-refractivity contribution in [2.45, 2.75) is 6.92 Å². The van der Waals surface area contributed by atoms with Crippen LogP contribution in [0.4, 0.5) is 5.69 Å². The number of hydrogen-bond donors (Lipinski definition) is 1. The van der Waals surface area contributed by atoms with Crippen molar-refractivity contribution in [3.8, 4) is 11.5 Å². The smallest absolute Gasteiger partial charge is 0.339 e. The maximum atomic E-state index is 12.1. The van der Waals surface area contributed by atoms with Gasteiger partial charge in [-0.15, -0.1) is 0 Å². The molecule has 2 rings (SSSR count). The second kappa shape index (κ2) is 8.57. The van der Waals surface area contributed by atoms with Gasteiger partial charge in [0.1, 0.15) is 0 Å². The van der Waals surface area contributed by atoms with E-state index < -0.39 is 11.9 Å². The molecule has 0 spiro atoms. The predicted molar refractivity (Wildman–Crippen MR) is 89.5 cm³/mol. The Balaban J connectivity index is 2.01. The SMILES string of the molecule is CCOc1ccccc1OCC(=O)Nc1ccccc1C(=O)OC. The quantitative estimate of drug-likeness (QED) is 0.791. The van der Waals surface area contributed by atoms with Crippen LogP contribution in [0, 0.1) is 0 Å². The summed E-state index contributed by atoms with van der Waals surface area (Å²) in [5.41, 5.74) is 0.652. The first-order chi connectivity index (χ1) is 11.7. The van der Waals surface area contributed by atoms with Crippen LogP contribution in [0.15, 0.2) is 48.5 Å². The summed E-state index contributed by atoms with van der Waals surface area (Å²) < 4.78 is 15.6. The molecule has 0 aliphatic carbocycles. The minimum absolute atomic E-state index is 0.209. The van der Waals surface area contributed by atoms with Gasteiger partial charge in [0.25, 0.3) is 5.91 Å². The highest BCUT2D eigenvalue weighted by Gasteiger charge is 2.14. The Morgan fingerprint density at radius 2 is 1.58 bits per heavy atom. The maximum Gasteiger partial charge on any atom is 0.339 e. The van der Waals surface area contributed by atoms with Crippen LogP contribution in [0.5, 0.6) is 11.5 Å². The molecule has 6 heteroatoms. The fourth-order valence-corrected chi connectivity index (χ4v) is 2.05. The minimum atomic E-state index is -0.520. The van der Waals surface area contributed by atoms with E-state index in [1.807, 2.05) is 13.0 Å². The normalized spacial score (nSPS) is 9.92. The molecule has 0 saturated heterocycles. The zero-order chi connectivity index (χ0) is 17.4. The van der Waals surface area contributed by atoms with E-state index in [9.17, 15) is 9.59 Å². The van der Waals surface area contributed by atoms with Gasteiger partial charge in [-0.05, 0) is 31.2 Å². The van der Waals surface area contributed by atoms with E-state index in [0.717, 1.165) is 0 Å². The number of hydrogen-bond acceptors (Lipinski definition) is 5. The van der Waals surface area contributed by atoms with Crippen LogP contribution < -0.4 is 14.8 Å².